The number of rotatable bonds is 5. The summed E-state index contributed by atoms with van der Waals surface area (Å²) < 4.78 is 90.2. The van der Waals surface area contributed by atoms with E-state index in [0.29, 0.717) is 12.5 Å². The molecule has 1 unspecified atom stereocenters. The highest BCUT2D eigenvalue weighted by atomic mass is 19.4. The Morgan fingerprint density at radius 3 is 2.06 bits per heavy atom. The van der Waals surface area contributed by atoms with E-state index in [1.54, 1.807) is 0 Å². The predicted octanol–water partition coefficient (Wildman–Crippen LogP) is 6.28. The van der Waals surface area contributed by atoms with Crippen LogP contribution in [0.15, 0.2) is 48.5 Å². The van der Waals surface area contributed by atoms with Crippen LogP contribution < -0.4 is 5.32 Å². The SMILES string of the molecule is FC(F)(F)c1cc(CNCC2COC3(CCC(c4ccccc4)CC3)O2)cc(C(F)(F)F)c1. The minimum absolute atomic E-state index is 0.0888. The molecule has 1 saturated carbocycles. The Morgan fingerprint density at radius 2 is 1.48 bits per heavy atom. The Hall–Kier alpha value is -2.10. The fourth-order valence-corrected chi connectivity index (χ4v) is 4.59. The first-order valence-electron chi connectivity index (χ1n) is 10.9. The van der Waals surface area contributed by atoms with Crippen molar-refractivity contribution in [1.82, 2.24) is 5.32 Å². The van der Waals surface area contributed by atoms with Gasteiger partial charge in [0, 0.05) is 25.9 Å². The summed E-state index contributed by atoms with van der Waals surface area (Å²) in [6.45, 7) is 0.455. The average molecular weight is 473 g/mol. The molecule has 0 amide bonds. The molecule has 0 aromatic heterocycles. The fourth-order valence-electron chi connectivity index (χ4n) is 4.59. The van der Waals surface area contributed by atoms with Crippen LogP contribution in [-0.4, -0.2) is 25.0 Å². The first-order chi connectivity index (χ1) is 15.5. The second-order valence-corrected chi connectivity index (χ2v) is 8.69. The second-order valence-electron chi connectivity index (χ2n) is 8.69. The summed E-state index contributed by atoms with van der Waals surface area (Å²) in [6.07, 6.45) is -6.70. The normalized spacial score (nSPS) is 26.1. The predicted molar refractivity (Wildman–Crippen MR) is 109 cm³/mol. The Balaban J connectivity index is 1.31. The lowest BCUT2D eigenvalue weighted by atomic mass is 9.81. The van der Waals surface area contributed by atoms with Crippen LogP contribution in [0.1, 0.15) is 53.9 Å². The molecule has 1 N–H and O–H groups in total. The monoisotopic (exact) mass is 473 g/mol. The van der Waals surface area contributed by atoms with Gasteiger partial charge in [0.1, 0.15) is 0 Å². The van der Waals surface area contributed by atoms with Crippen molar-refractivity contribution in [2.75, 3.05) is 13.2 Å². The topological polar surface area (TPSA) is 30.5 Å². The van der Waals surface area contributed by atoms with E-state index in [4.69, 9.17) is 9.47 Å². The Kier molecular flexibility index (Phi) is 6.75. The van der Waals surface area contributed by atoms with E-state index in [1.807, 2.05) is 18.2 Å². The van der Waals surface area contributed by atoms with Crippen LogP contribution in [0.5, 0.6) is 0 Å². The number of alkyl halides is 6. The van der Waals surface area contributed by atoms with Gasteiger partial charge in [-0.15, -0.1) is 0 Å². The van der Waals surface area contributed by atoms with Gasteiger partial charge in [0.25, 0.3) is 0 Å². The van der Waals surface area contributed by atoms with E-state index < -0.39 is 29.3 Å². The third-order valence-corrected chi connectivity index (χ3v) is 6.28. The summed E-state index contributed by atoms with van der Waals surface area (Å²) in [5.74, 6) is -0.206. The third kappa shape index (κ3) is 5.88. The molecule has 1 aliphatic carbocycles. The summed E-state index contributed by atoms with van der Waals surface area (Å²) in [5, 5.41) is 2.92. The molecule has 4 rings (SSSR count). The second kappa shape index (κ2) is 9.27. The van der Waals surface area contributed by atoms with Gasteiger partial charge >= 0.3 is 12.4 Å². The van der Waals surface area contributed by atoms with Crippen LogP contribution in [0.25, 0.3) is 0 Å². The smallest absolute Gasteiger partial charge is 0.347 e. The maximum Gasteiger partial charge on any atom is 0.416 e. The summed E-state index contributed by atoms with van der Waals surface area (Å²) in [5.41, 5.74) is -1.43. The average Bonchev–Trinajstić information content (AvgIpc) is 3.16. The first-order valence-corrected chi connectivity index (χ1v) is 10.9. The van der Waals surface area contributed by atoms with Gasteiger partial charge in [-0.25, -0.2) is 0 Å². The van der Waals surface area contributed by atoms with Gasteiger partial charge in [-0.05, 0) is 48.1 Å². The largest absolute Gasteiger partial charge is 0.416 e. The van der Waals surface area contributed by atoms with E-state index in [9.17, 15) is 26.3 Å². The van der Waals surface area contributed by atoms with Crippen molar-refractivity contribution in [3.63, 3.8) is 0 Å². The zero-order chi connectivity index (χ0) is 23.7. The van der Waals surface area contributed by atoms with Crippen molar-refractivity contribution >= 4 is 0 Å². The molecule has 33 heavy (non-hydrogen) atoms. The van der Waals surface area contributed by atoms with Crippen LogP contribution in [0.2, 0.25) is 0 Å². The quantitative estimate of drug-likeness (QED) is 0.519. The highest BCUT2D eigenvalue weighted by Crippen LogP contribution is 2.43. The van der Waals surface area contributed by atoms with Gasteiger partial charge in [-0.2, -0.15) is 26.3 Å². The van der Waals surface area contributed by atoms with Crippen molar-refractivity contribution < 1.29 is 35.8 Å². The number of nitrogens with one attached hydrogen (secondary N) is 1. The molecule has 2 aromatic carbocycles. The lowest BCUT2D eigenvalue weighted by molar-refractivity contribution is -0.188. The van der Waals surface area contributed by atoms with Crippen LogP contribution in [-0.2, 0) is 28.4 Å². The van der Waals surface area contributed by atoms with Crippen LogP contribution >= 0.6 is 0 Å². The first kappa shape index (κ1) is 24.0. The standard InChI is InChI=1S/C24H25F6NO2/c25-23(26,27)19-10-16(11-20(12-19)24(28,29)30)13-31-14-21-15-32-22(33-21)8-6-18(7-9-22)17-4-2-1-3-5-17/h1-5,10-12,18,21,31H,6-9,13-15H2. The maximum atomic E-state index is 13.0. The molecule has 0 bridgehead atoms. The molecule has 2 aliphatic rings. The lowest BCUT2D eigenvalue weighted by Gasteiger charge is -2.36. The van der Waals surface area contributed by atoms with Crippen molar-refractivity contribution in [3.05, 3.63) is 70.8 Å². The summed E-state index contributed by atoms with van der Waals surface area (Å²) >= 11 is 0. The fraction of sp³-hybridized carbons (Fsp3) is 0.500. The van der Waals surface area contributed by atoms with Gasteiger partial charge in [-0.3, -0.25) is 0 Å². The third-order valence-electron chi connectivity index (χ3n) is 6.28. The van der Waals surface area contributed by atoms with Crippen LogP contribution in [0.3, 0.4) is 0 Å². The van der Waals surface area contributed by atoms with E-state index >= 15 is 0 Å². The molecular formula is C24H25F6NO2. The maximum absolute atomic E-state index is 13.0. The molecule has 9 heteroatoms. The Bertz CT molecular complexity index is 904. The van der Waals surface area contributed by atoms with Crippen molar-refractivity contribution in [3.8, 4) is 0 Å². The van der Waals surface area contributed by atoms with E-state index in [-0.39, 0.29) is 30.8 Å². The number of hydrogen-bond acceptors (Lipinski definition) is 3. The zero-order valence-electron chi connectivity index (χ0n) is 17.8. The van der Waals surface area contributed by atoms with E-state index in [0.717, 1.165) is 37.8 Å². The molecule has 1 spiro atoms. The molecule has 180 valence electrons. The van der Waals surface area contributed by atoms with Crippen molar-refractivity contribution in [2.24, 2.45) is 0 Å². The molecule has 0 radical (unpaired) electrons. The van der Waals surface area contributed by atoms with Gasteiger partial charge in [0.2, 0.25) is 0 Å². The van der Waals surface area contributed by atoms with Gasteiger partial charge in [-0.1, -0.05) is 30.3 Å². The summed E-state index contributed by atoms with van der Waals surface area (Å²) in [4.78, 5) is 0. The molecule has 3 nitrogen and oxygen atoms in total. The number of halogens is 6. The van der Waals surface area contributed by atoms with Crippen LogP contribution in [0.4, 0.5) is 26.3 Å². The minimum Gasteiger partial charge on any atom is -0.347 e. The van der Waals surface area contributed by atoms with E-state index in [1.165, 1.54) is 5.56 Å². The minimum atomic E-state index is -4.86. The van der Waals surface area contributed by atoms with Gasteiger partial charge in [0.15, 0.2) is 5.79 Å². The summed E-state index contributed by atoms with van der Waals surface area (Å²) in [6, 6.07) is 11.9. The summed E-state index contributed by atoms with van der Waals surface area (Å²) in [7, 11) is 0. The highest BCUT2D eigenvalue weighted by molar-refractivity contribution is 5.33. The number of hydrogen-bond donors (Lipinski definition) is 1. The molecule has 1 aliphatic heterocycles. The molecule has 1 heterocycles. The van der Waals surface area contributed by atoms with E-state index in [2.05, 4.69) is 17.4 Å². The van der Waals surface area contributed by atoms with Crippen molar-refractivity contribution in [2.45, 2.75) is 62.4 Å². The molecular weight excluding hydrogens is 448 g/mol. The molecule has 1 saturated heterocycles. The molecule has 2 fully saturated rings. The van der Waals surface area contributed by atoms with Crippen molar-refractivity contribution in [1.29, 1.82) is 0 Å². The van der Waals surface area contributed by atoms with Gasteiger partial charge < -0.3 is 14.8 Å². The van der Waals surface area contributed by atoms with Gasteiger partial charge in [0.05, 0.1) is 23.8 Å². The molecule has 2 aromatic rings. The number of ether oxygens (including phenoxy) is 2. The Labute approximate surface area is 188 Å². The Morgan fingerprint density at radius 1 is 0.879 bits per heavy atom. The lowest BCUT2D eigenvalue weighted by Crippen LogP contribution is -2.37. The highest BCUT2D eigenvalue weighted by Gasteiger charge is 2.44. The molecule has 1 atom stereocenters. The van der Waals surface area contributed by atoms with Crippen LogP contribution in [0, 0.1) is 0 Å². The number of benzene rings is 2. The zero-order valence-corrected chi connectivity index (χ0v) is 17.8.